The van der Waals surface area contributed by atoms with Crippen LogP contribution in [-0.2, 0) is 6.16 Å². The SMILES string of the molecule is Cc1cc(C#N)cc(C[P+](c2ccccc2)(c2ccccc2)c2ccccc2)c1Br. The number of aryl methyl sites for hydroxylation is 1. The third kappa shape index (κ3) is 3.84. The van der Waals surface area contributed by atoms with Gasteiger partial charge in [-0.05, 0) is 61.0 Å². The Morgan fingerprint density at radius 1 is 0.733 bits per heavy atom. The molecule has 0 saturated heterocycles. The molecule has 0 spiro atoms. The summed E-state index contributed by atoms with van der Waals surface area (Å²) >= 11 is 3.82. The first kappa shape index (κ1) is 20.5. The lowest BCUT2D eigenvalue weighted by atomic mass is 10.1. The van der Waals surface area contributed by atoms with Gasteiger partial charge in [0.1, 0.15) is 23.2 Å². The molecule has 0 N–H and O–H groups in total. The first-order valence-electron chi connectivity index (χ1n) is 9.89. The Labute approximate surface area is 187 Å². The second-order valence-corrected chi connectivity index (χ2v) is 11.6. The third-order valence-corrected chi connectivity index (χ3v) is 10.9. The summed E-state index contributed by atoms with van der Waals surface area (Å²) in [6.07, 6.45) is 0.849. The molecule has 146 valence electrons. The van der Waals surface area contributed by atoms with Gasteiger partial charge in [-0.25, -0.2) is 0 Å². The predicted molar refractivity (Wildman–Crippen MR) is 132 cm³/mol. The Kier molecular flexibility index (Phi) is 6.14. The molecule has 0 bridgehead atoms. The smallest absolute Gasteiger partial charge is 0.116 e. The topological polar surface area (TPSA) is 23.8 Å². The van der Waals surface area contributed by atoms with Crippen molar-refractivity contribution in [2.45, 2.75) is 13.1 Å². The average molecular weight is 471 g/mol. The molecule has 4 aromatic carbocycles. The fourth-order valence-corrected chi connectivity index (χ4v) is 8.88. The normalized spacial score (nSPS) is 11.1. The van der Waals surface area contributed by atoms with Crippen LogP contribution in [-0.4, -0.2) is 0 Å². The molecule has 0 radical (unpaired) electrons. The quantitative estimate of drug-likeness (QED) is 0.322. The van der Waals surface area contributed by atoms with E-state index < -0.39 is 7.26 Å². The van der Waals surface area contributed by atoms with Crippen molar-refractivity contribution in [3.8, 4) is 6.07 Å². The molecule has 0 saturated carbocycles. The summed E-state index contributed by atoms with van der Waals surface area (Å²) in [6.45, 7) is 2.06. The molecule has 0 aliphatic carbocycles. The van der Waals surface area contributed by atoms with Crippen LogP contribution in [0.1, 0.15) is 16.7 Å². The summed E-state index contributed by atoms with van der Waals surface area (Å²) in [6, 6.07) is 38.8. The third-order valence-electron chi connectivity index (χ3n) is 5.46. The van der Waals surface area contributed by atoms with Crippen molar-refractivity contribution in [3.63, 3.8) is 0 Å². The van der Waals surface area contributed by atoms with Crippen LogP contribution in [0.2, 0.25) is 0 Å². The van der Waals surface area contributed by atoms with E-state index in [1.807, 2.05) is 12.1 Å². The van der Waals surface area contributed by atoms with Crippen molar-refractivity contribution >= 4 is 39.1 Å². The van der Waals surface area contributed by atoms with Gasteiger partial charge in [0, 0.05) is 10.0 Å². The van der Waals surface area contributed by atoms with Crippen LogP contribution in [0.25, 0.3) is 0 Å². The van der Waals surface area contributed by atoms with E-state index in [-0.39, 0.29) is 0 Å². The van der Waals surface area contributed by atoms with E-state index >= 15 is 0 Å². The maximum Gasteiger partial charge on any atom is 0.116 e. The maximum absolute atomic E-state index is 9.57. The van der Waals surface area contributed by atoms with Gasteiger partial charge in [-0.15, -0.1) is 0 Å². The highest BCUT2D eigenvalue weighted by molar-refractivity contribution is 9.10. The lowest BCUT2D eigenvalue weighted by Gasteiger charge is -2.28. The van der Waals surface area contributed by atoms with Crippen LogP contribution >= 0.6 is 23.2 Å². The van der Waals surface area contributed by atoms with Crippen LogP contribution in [0.15, 0.2) is 108 Å². The zero-order valence-electron chi connectivity index (χ0n) is 16.8. The fraction of sp³-hybridized carbons (Fsp3) is 0.0741. The van der Waals surface area contributed by atoms with Gasteiger partial charge in [0.15, 0.2) is 0 Å². The summed E-state index contributed by atoms with van der Waals surface area (Å²) in [7, 11) is -1.99. The zero-order chi connectivity index (χ0) is 21.0. The summed E-state index contributed by atoms with van der Waals surface area (Å²) in [5.74, 6) is 0. The van der Waals surface area contributed by atoms with Gasteiger partial charge in [0.05, 0.1) is 17.8 Å². The molecule has 4 rings (SSSR count). The van der Waals surface area contributed by atoms with Crippen LogP contribution in [0.5, 0.6) is 0 Å². The Balaban J connectivity index is 2.04. The molecule has 0 aliphatic heterocycles. The number of nitrogens with zero attached hydrogens (tertiary/aromatic N) is 1. The Bertz CT molecular complexity index is 1090. The fourth-order valence-electron chi connectivity index (χ4n) is 4.05. The number of nitriles is 1. The number of hydrogen-bond donors (Lipinski definition) is 0. The van der Waals surface area contributed by atoms with Crippen LogP contribution in [0.3, 0.4) is 0 Å². The van der Waals surface area contributed by atoms with Crippen molar-refractivity contribution in [2.75, 3.05) is 0 Å². The van der Waals surface area contributed by atoms with E-state index in [0.717, 1.165) is 16.2 Å². The van der Waals surface area contributed by atoms with E-state index in [4.69, 9.17) is 0 Å². The predicted octanol–water partition coefficient (Wildman–Crippen LogP) is 6.12. The van der Waals surface area contributed by atoms with Crippen molar-refractivity contribution in [3.05, 3.63) is 124 Å². The first-order valence-corrected chi connectivity index (χ1v) is 12.7. The minimum absolute atomic E-state index is 0.706. The molecular formula is C27H22BrNP+. The standard InChI is InChI=1S/C27H22BrNP/c1-21-17-22(19-29)18-23(27(21)28)20-30(24-11-5-2-6-12-24,25-13-7-3-8-14-25)26-15-9-4-10-16-26/h2-18H,20H2,1H3/q+1. The highest BCUT2D eigenvalue weighted by Gasteiger charge is 2.45. The maximum atomic E-state index is 9.57. The summed E-state index contributed by atoms with van der Waals surface area (Å²) in [4.78, 5) is 0. The second kappa shape index (κ2) is 8.97. The number of benzene rings is 4. The van der Waals surface area contributed by atoms with E-state index in [0.29, 0.717) is 5.56 Å². The molecule has 1 nitrogen and oxygen atoms in total. The number of halogens is 1. The largest absolute Gasteiger partial charge is 0.192 e. The van der Waals surface area contributed by atoms with E-state index in [1.54, 1.807) is 0 Å². The van der Waals surface area contributed by atoms with Crippen molar-refractivity contribution < 1.29 is 0 Å². The molecule has 0 unspecified atom stereocenters. The van der Waals surface area contributed by atoms with Gasteiger partial charge < -0.3 is 0 Å². The van der Waals surface area contributed by atoms with Crippen molar-refractivity contribution in [1.29, 1.82) is 5.26 Å². The summed E-state index contributed by atoms with van der Waals surface area (Å²) in [5.41, 5.74) is 2.98. The second-order valence-electron chi connectivity index (χ2n) is 7.35. The number of hydrogen-bond acceptors (Lipinski definition) is 1. The number of rotatable bonds is 5. The lowest BCUT2D eigenvalue weighted by Crippen LogP contribution is -2.32. The molecule has 0 fully saturated rings. The lowest BCUT2D eigenvalue weighted by molar-refractivity contribution is 1.28. The summed E-state index contributed by atoms with van der Waals surface area (Å²) < 4.78 is 1.09. The zero-order valence-corrected chi connectivity index (χ0v) is 19.3. The Morgan fingerprint density at radius 2 is 1.17 bits per heavy atom. The molecule has 0 atom stereocenters. The molecular weight excluding hydrogens is 449 g/mol. The molecule has 4 aromatic rings. The van der Waals surface area contributed by atoms with Gasteiger partial charge in [-0.2, -0.15) is 5.26 Å². The van der Waals surface area contributed by atoms with Crippen molar-refractivity contribution in [1.82, 2.24) is 0 Å². The molecule has 0 aliphatic rings. The minimum atomic E-state index is -1.99. The molecule has 0 heterocycles. The van der Waals surface area contributed by atoms with E-state index in [1.165, 1.54) is 21.5 Å². The van der Waals surface area contributed by atoms with Gasteiger partial charge >= 0.3 is 0 Å². The Morgan fingerprint density at radius 3 is 1.57 bits per heavy atom. The molecule has 30 heavy (non-hydrogen) atoms. The van der Waals surface area contributed by atoms with Crippen LogP contribution in [0, 0.1) is 18.3 Å². The van der Waals surface area contributed by atoms with Gasteiger partial charge in [0.25, 0.3) is 0 Å². The van der Waals surface area contributed by atoms with Gasteiger partial charge in [-0.3, -0.25) is 0 Å². The highest BCUT2D eigenvalue weighted by atomic mass is 79.9. The molecule has 3 heteroatoms. The van der Waals surface area contributed by atoms with Gasteiger partial charge in [0.2, 0.25) is 0 Å². The van der Waals surface area contributed by atoms with Crippen molar-refractivity contribution in [2.24, 2.45) is 0 Å². The average Bonchev–Trinajstić information content (AvgIpc) is 2.81. The van der Waals surface area contributed by atoms with E-state index in [2.05, 4.69) is 120 Å². The van der Waals surface area contributed by atoms with Gasteiger partial charge in [-0.1, -0.05) is 70.5 Å². The van der Waals surface area contributed by atoms with E-state index in [9.17, 15) is 5.26 Å². The first-order chi connectivity index (χ1) is 14.6. The minimum Gasteiger partial charge on any atom is -0.192 e. The van der Waals surface area contributed by atoms with Crippen LogP contribution in [0.4, 0.5) is 0 Å². The Hall–Kier alpha value is -2.72. The van der Waals surface area contributed by atoms with Crippen LogP contribution < -0.4 is 15.9 Å². The monoisotopic (exact) mass is 470 g/mol. The molecule has 0 amide bonds. The molecule has 0 aromatic heterocycles. The summed E-state index contributed by atoms with van der Waals surface area (Å²) in [5, 5.41) is 13.6. The highest BCUT2D eigenvalue weighted by Crippen LogP contribution is 2.58.